The van der Waals surface area contributed by atoms with E-state index in [2.05, 4.69) is 9.98 Å². The quantitative estimate of drug-likeness (QED) is 0.813. The number of hydrogen-bond donors (Lipinski definition) is 1. The van der Waals surface area contributed by atoms with E-state index < -0.39 is 0 Å². The maximum atomic E-state index is 9.92. The molecule has 0 unspecified atom stereocenters. The monoisotopic (exact) mass is 275 g/mol. The van der Waals surface area contributed by atoms with Gasteiger partial charge in [0.25, 0.3) is 0 Å². The van der Waals surface area contributed by atoms with Crippen LogP contribution in [0.3, 0.4) is 0 Å². The molecule has 0 bridgehead atoms. The summed E-state index contributed by atoms with van der Waals surface area (Å²) in [6.45, 7) is 0. The fraction of sp³-hybridized carbons (Fsp3) is 0.0833. The highest BCUT2D eigenvalue weighted by atomic mass is 32.1. The molecule has 1 aliphatic heterocycles. The molecule has 3 rings (SSSR count). The Labute approximate surface area is 113 Å². The Morgan fingerprint density at radius 1 is 1.50 bits per heavy atom. The number of pyridine rings is 1. The van der Waals surface area contributed by atoms with E-state index >= 15 is 0 Å². The molecule has 0 aromatic carbocycles. The molecule has 6 heteroatoms. The molecule has 4 nitrogen and oxygen atoms in total. The van der Waals surface area contributed by atoms with Crippen molar-refractivity contribution in [1.82, 2.24) is 9.55 Å². The van der Waals surface area contributed by atoms with Gasteiger partial charge in [-0.1, -0.05) is 0 Å². The first-order chi connectivity index (χ1) is 8.66. The Balaban J connectivity index is 2.12. The van der Waals surface area contributed by atoms with Crippen LogP contribution < -0.4 is 0 Å². The van der Waals surface area contributed by atoms with Crippen LogP contribution in [0.15, 0.2) is 23.3 Å². The number of aromatic hydroxyl groups is 1. The summed E-state index contributed by atoms with van der Waals surface area (Å²) in [6.07, 6.45) is 5.34. The highest BCUT2D eigenvalue weighted by molar-refractivity contribution is 7.73. The lowest BCUT2D eigenvalue weighted by molar-refractivity contribution is 0.430. The fourth-order valence-electron chi connectivity index (χ4n) is 1.72. The molecule has 0 radical (unpaired) electrons. The predicted octanol–water partition coefficient (Wildman–Crippen LogP) is 3.17. The SMILES string of the molecule is Cn1c(O)c(C=C2C=Nc3cccnc32)sc1=S. The van der Waals surface area contributed by atoms with Gasteiger partial charge in [0.2, 0.25) is 5.88 Å². The lowest BCUT2D eigenvalue weighted by Gasteiger charge is -1.97. The Morgan fingerprint density at radius 3 is 3.06 bits per heavy atom. The molecule has 0 saturated heterocycles. The van der Waals surface area contributed by atoms with Gasteiger partial charge < -0.3 is 5.11 Å². The summed E-state index contributed by atoms with van der Waals surface area (Å²) in [7, 11) is 1.74. The zero-order chi connectivity index (χ0) is 12.7. The van der Waals surface area contributed by atoms with Crippen molar-refractivity contribution in [3.8, 4) is 5.88 Å². The van der Waals surface area contributed by atoms with Gasteiger partial charge in [0.15, 0.2) is 3.95 Å². The van der Waals surface area contributed by atoms with Crippen LogP contribution in [0.25, 0.3) is 11.6 Å². The summed E-state index contributed by atoms with van der Waals surface area (Å²) >= 11 is 6.49. The molecular formula is C12H9N3OS2. The molecule has 0 spiro atoms. The van der Waals surface area contributed by atoms with E-state index in [0.717, 1.165) is 21.8 Å². The smallest absolute Gasteiger partial charge is 0.210 e. The maximum absolute atomic E-state index is 9.92. The lowest BCUT2D eigenvalue weighted by atomic mass is 10.2. The predicted molar refractivity (Wildman–Crippen MR) is 76.0 cm³/mol. The van der Waals surface area contributed by atoms with Crippen molar-refractivity contribution in [2.75, 3.05) is 0 Å². The Kier molecular flexibility index (Phi) is 2.61. The molecule has 3 heterocycles. The van der Waals surface area contributed by atoms with Crippen LogP contribution in [0.2, 0.25) is 0 Å². The number of hydrogen-bond acceptors (Lipinski definition) is 5. The topological polar surface area (TPSA) is 50.4 Å². The number of aromatic nitrogens is 2. The van der Waals surface area contributed by atoms with E-state index in [9.17, 15) is 5.11 Å². The van der Waals surface area contributed by atoms with E-state index in [4.69, 9.17) is 12.2 Å². The zero-order valence-corrected chi connectivity index (χ0v) is 11.1. The van der Waals surface area contributed by atoms with Gasteiger partial charge in [-0.05, 0) is 30.4 Å². The summed E-state index contributed by atoms with van der Waals surface area (Å²) in [5, 5.41) is 9.92. The Bertz CT molecular complexity index is 740. The van der Waals surface area contributed by atoms with Crippen LogP contribution in [0.4, 0.5) is 5.69 Å². The molecule has 2 aromatic rings. The third-order valence-corrected chi connectivity index (χ3v) is 4.19. The third-order valence-electron chi connectivity index (χ3n) is 2.70. The second kappa shape index (κ2) is 4.15. The van der Waals surface area contributed by atoms with E-state index in [1.54, 1.807) is 24.0 Å². The van der Waals surface area contributed by atoms with Crippen molar-refractivity contribution in [3.05, 3.63) is 32.9 Å². The molecule has 1 N–H and O–H groups in total. The number of thiazole rings is 1. The van der Waals surface area contributed by atoms with Gasteiger partial charge in [0.1, 0.15) is 0 Å². The molecule has 0 saturated carbocycles. The van der Waals surface area contributed by atoms with E-state index in [0.29, 0.717) is 3.95 Å². The van der Waals surface area contributed by atoms with Gasteiger partial charge in [0.05, 0.1) is 16.3 Å². The zero-order valence-electron chi connectivity index (χ0n) is 9.49. The minimum atomic E-state index is 0.176. The molecule has 2 aromatic heterocycles. The van der Waals surface area contributed by atoms with Crippen molar-refractivity contribution >= 4 is 47.1 Å². The van der Waals surface area contributed by atoms with Gasteiger partial charge in [-0.3, -0.25) is 14.5 Å². The molecule has 0 atom stereocenters. The van der Waals surface area contributed by atoms with Crippen molar-refractivity contribution in [2.24, 2.45) is 12.0 Å². The van der Waals surface area contributed by atoms with Crippen LogP contribution in [-0.4, -0.2) is 20.9 Å². The number of rotatable bonds is 1. The number of aliphatic imine (C=N–C) groups is 1. The van der Waals surface area contributed by atoms with E-state index in [-0.39, 0.29) is 5.88 Å². The largest absolute Gasteiger partial charge is 0.493 e. The van der Waals surface area contributed by atoms with Crippen molar-refractivity contribution in [1.29, 1.82) is 0 Å². The van der Waals surface area contributed by atoms with Crippen molar-refractivity contribution < 1.29 is 5.11 Å². The maximum Gasteiger partial charge on any atom is 0.210 e. The summed E-state index contributed by atoms with van der Waals surface area (Å²) in [5.41, 5.74) is 2.57. The van der Waals surface area contributed by atoms with Crippen molar-refractivity contribution in [3.63, 3.8) is 0 Å². The van der Waals surface area contributed by atoms with Crippen LogP contribution in [0.1, 0.15) is 10.6 Å². The lowest BCUT2D eigenvalue weighted by Crippen LogP contribution is -1.86. The van der Waals surface area contributed by atoms with Gasteiger partial charge in [-0.25, -0.2) is 0 Å². The van der Waals surface area contributed by atoms with Crippen LogP contribution >= 0.6 is 23.6 Å². The average Bonchev–Trinajstić information content (AvgIpc) is 2.89. The molecule has 0 amide bonds. The van der Waals surface area contributed by atoms with Gasteiger partial charge in [-0.2, -0.15) is 0 Å². The summed E-state index contributed by atoms with van der Waals surface area (Å²) in [6, 6.07) is 3.76. The van der Waals surface area contributed by atoms with E-state index in [1.807, 2.05) is 18.2 Å². The fourth-order valence-corrected chi connectivity index (χ4v) is 2.91. The first-order valence-electron chi connectivity index (χ1n) is 5.27. The first-order valence-corrected chi connectivity index (χ1v) is 6.49. The number of allylic oxidation sites excluding steroid dienone is 1. The normalized spacial score (nSPS) is 15.3. The molecule has 18 heavy (non-hydrogen) atoms. The number of nitrogens with zero attached hydrogens (tertiary/aromatic N) is 3. The van der Waals surface area contributed by atoms with Crippen molar-refractivity contribution in [2.45, 2.75) is 0 Å². The number of fused-ring (bicyclic) bond motifs is 1. The second-order valence-electron chi connectivity index (χ2n) is 3.84. The van der Waals surface area contributed by atoms with Gasteiger partial charge in [-0.15, -0.1) is 11.3 Å². The average molecular weight is 275 g/mol. The Morgan fingerprint density at radius 2 is 2.33 bits per heavy atom. The molecule has 90 valence electrons. The molecule has 0 aliphatic carbocycles. The standard InChI is InChI=1S/C12H9N3OS2/c1-15-11(16)9(18-12(15)17)5-7-6-14-8-3-2-4-13-10(7)8/h2-6,16H,1H3. The molecular weight excluding hydrogens is 266 g/mol. The van der Waals surface area contributed by atoms with Crippen LogP contribution in [-0.2, 0) is 7.05 Å². The first kappa shape index (κ1) is 11.3. The Hall–Kier alpha value is -1.79. The van der Waals surface area contributed by atoms with E-state index in [1.165, 1.54) is 11.3 Å². The minimum Gasteiger partial charge on any atom is -0.493 e. The summed E-state index contributed by atoms with van der Waals surface area (Å²) in [4.78, 5) is 9.29. The molecule has 0 fully saturated rings. The van der Waals surface area contributed by atoms with Gasteiger partial charge in [0, 0.05) is 25.0 Å². The third kappa shape index (κ3) is 1.70. The molecule has 1 aliphatic rings. The van der Waals surface area contributed by atoms with Gasteiger partial charge >= 0.3 is 0 Å². The van der Waals surface area contributed by atoms with Crippen LogP contribution in [0.5, 0.6) is 5.88 Å². The highest BCUT2D eigenvalue weighted by Crippen LogP contribution is 2.33. The van der Waals surface area contributed by atoms with Crippen LogP contribution in [0, 0.1) is 3.95 Å². The highest BCUT2D eigenvalue weighted by Gasteiger charge is 2.15. The second-order valence-corrected chi connectivity index (χ2v) is 5.52. The summed E-state index contributed by atoms with van der Waals surface area (Å²) in [5.74, 6) is 0.176. The minimum absolute atomic E-state index is 0.176. The summed E-state index contributed by atoms with van der Waals surface area (Å²) < 4.78 is 2.22.